The molecule has 0 bridgehead atoms. The Labute approximate surface area is 69.8 Å². The van der Waals surface area contributed by atoms with Gasteiger partial charge in [-0.15, -0.1) is 0 Å². The topological polar surface area (TPSA) is 63.6 Å². The summed E-state index contributed by atoms with van der Waals surface area (Å²) in [5.74, 6) is -1.51. The lowest BCUT2D eigenvalue weighted by Gasteiger charge is -1.99. The van der Waals surface area contributed by atoms with Gasteiger partial charge in [0.15, 0.2) is 0 Å². The molecule has 4 nitrogen and oxygen atoms in total. The average Bonchev–Trinajstić information content (AvgIpc) is 2.56. The van der Waals surface area contributed by atoms with Gasteiger partial charge >= 0.3 is 11.9 Å². The van der Waals surface area contributed by atoms with Gasteiger partial charge in [0.2, 0.25) is 0 Å². The highest BCUT2D eigenvalue weighted by Crippen LogP contribution is 2.18. The van der Waals surface area contributed by atoms with Crippen molar-refractivity contribution in [1.82, 2.24) is 0 Å². The molecule has 0 saturated carbocycles. The number of allylic oxidation sites excluding steroid dienone is 1. The minimum Gasteiger partial charge on any atom is -0.388 e. The predicted molar refractivity (Wildman–Crippen MR) is 40.1 cm³/mol. The molecule has 0 aliphatic heterocycles. The monoisotopic (exact) mass is 170 g/mol. The maximum atomic E-state index is 11.0. The van der Waals surface area contributed by atoms with Crippen molar-refractivity contribution < 1.29 is 19.4 Å². The van der Waals surface area contributed by atoms with Crippen LogP contribution in [0.4, 0.5) is 0 Å². The highest BCUT2D eigenvalue weighted by atomic mass is 16.6. The van der Waals surface area contributed by atoms with E-state index in [1.807, 2.05) is 0 Å². The van der Waals surface area contributed by atoms with Crippen LogP contribution in [0.5, 0.6) is 0 Å². The fourth-order valence-electron chi connectivity index (χ4n) is 1.06. The van der Waals surface area contributed by atoms with Crippen LogP contribution in [0.25, 0.3) is 0 Å². The van der Waals surface area contributed by atoms with Crippen LogP contribution in [0, 0.1) is 0 Å². The molecule has 0 saturated heterocycles. The average molecular weight is 170 g/mol. The largest absolute Gasteiger partial charge is 0.388 e. The third kappa shape index (κ3) is 2.17. The van der Waals surface area contributed by atoms with Crippen LogP contribution >= 0.6 is 0 Å². The molecule has 0 amide bonds. The summed E-state index contributed by atoms with van der Waals surface area (Å²) in [6, 6.07) is 0. The fourth-order valence-corrected chi connectivity index (χ4v) is 1.06. The number of rotatable bonds is 2. The van der Waals surface area contributed by atoms with Crippen molar-refractivity contribution in [1.29, 1.82) is 0 Å². The van der Waals surface area contributed by atoms with E-state index in [0.29, 0.717) is 12.0 Å². The molecule has 1 aliphatic carbocycles. The second-order valence-electron chi connectivity index (χ2n) is 2.54. The first kappa shape index (κ1) is 8.93. The van der Waals surface area contributed by atoms with E-state index >= 15 is 0 Å². The number of carbonyl (C=O) groups excluding carboxylic acids is 2. The molecule has 4 heteroatoms. The van der Waals surface area contributed by atoms with Gasteiger partial charge in [-0.25, -0.2) is 9.59 Å². The van der Waals surface area contributed by atoms with E-state index in [4.69, 9.17) is 5.11 Å². The Morgan fingerprint density at radius 3 is 2.83 bits per heavy atom. The van der Waals surface area contributed by atoms with Gasteiger partial charge in [-0.3, -0.25) is 0 Å². The van der Waals surface area contributed by atoms with Crippen LogP contribution in [0.1, 0.15) is 19.3 Å². The SMILES string of the molecule is O=C(CO)OC(=O)C1=CCCC1. The second kappa shape index (κ2) is 4.01. The van der Waals surface area contributed by atoms with Crippen LogP contribution < -0.4 is 0 Å². The van der Waals surface area contributed by atoms with Crippen molar-refractivity contribution >= 4 is 11.9 Å². The van der Waals surface area contributed by atoms with E-state index in [0.717, 1.165) is 12.8 Å². The van der Waals surface area contributed by atoms with Gasteiger partial charge in [0, 0.05) is 5.57 Å². The summed E-state index contributed by atoms with van der Waals surface area (Å²) in [5, 5.41) is 8.28. The summed E-state index contributed by atoms with van der Waals surface area (Å²) in [5.41, 5.74) is 0.539. The molecular weight excluding hydrogens is 160 g/mol. The van der Waals surface area contributed by atoms with Gasteiger partial charge < -0.3 is 9.84 Å². The van der Waals surface area contributed by atoms with E-state index in [9.17, 15) is 9.59 Å². The molecule has 0 aromatic carbocycles. The first-order valence-electron chi connectivity index (χ1n) is 3.79. The number of aliphatic hydroxyl groups is 1. The van der Waals surface area contributed by atoms with Crippen molar-refractivity contribution in [2.75, 3.05) is 6.61 Å². The Hall–Kier alpha value is -1.16. The zero-order chi connectivity index (χ0) is 8.97. The molecule has 0 unspecified atom stereocenters. The Balaban J connectivity index is 2.42. The molecular formula is C8H10O4. The van der Waals surface area contributed by atoms with E-state index in [1.165, 1.54) is 0 Å². The quantitative estimate of drug-likeness (QED) is 0.473. The highest BCUT2D eigenvalue weighted by Gasteiger charge is 2.17. The van der Waals surface area contributed by atoms with Crippen LogP contribution in [-0.2, 0) is 14.3 Å². The number of hydrogen-bond donors (Lipinski definition) is 1. The third-order valence-electron chi connectivity index (χ3n) is 1.64. The lowest BCUT2D eigenvalue weighted by atomic mass is 10.2. The van der Waals surface area contributed by atoms with Gasteiger partial charge in [-0.05, 0) is 19.3 Å². The van der Waals surface area contributed by atoms with E-state index in [1.54, 1.807) is 6.08 Å². The van der Waals surface area contributed by atoms with Crippen LogP contribution in [0.15, 0.2) is 11.6 Å². The molecule has 0 spiro atoms. The number of hydrogen-bond acceptors (Lipinski definition) is 4. The minimum absolute atomic E-state index is 0.539. The number of aliphatic hydroxyl groups excluding tert-OH is 1. The van der Waals surface area contributed by atoms with Crippen LogP contribution in [-0.4, -0.2) is 23.7 Å². The summed E-state index contributed by atoms with van der Waals surface area (Å²) < 4.78 is 4.29. The van der Waals surface area contributed by atoms with E-state index in [2.05, 4.69) is 4.74 Å². The lowest BCUT2D eigenvalue weighted by Crippen LogP contribution is -2.16. The highest BCUT2D eigenvalue weighted by molar-refractivity contribution is 5.96. The lowest BCUT2D eigenvalue weighted by molar-refractivity contribution is -0.159. The number of carbonyl (C=O) groups is 2. The Kier molecular flexibility index (Phi) is 2.99. The molecule has 0 atom stereocenters. The maximum Gasteiger partial charge on any atom is 0.341 e. The summed E-state index contributed by atoms with van der Waals surface area (Å²) in [7, 11) is 0. The molecule has 1 N–H and O–H groups in total. The third-order valence-corrected chi connectivity index (χ3v) is 1.64. The molecule has 12 heavy (non-hydrogen) atoms. The first-order valence-corrected chi connectivity index (χ1v) is 3.79. The number of ether oxygens (including phenoxy) is 1. The summed E-state index contributed by atoms with van der Waals surface area (Å²) in [6.07, 6.45) is 4.21. The molecule has 0 fully saturated rings. The van der Waals surface area contributed by atoms with Gasteiger partial charge in [0.25, 0.3) is 0 Å². The number of esters is 2. The van der Waals surface area contributed by atoms with Crippen LogP contribution in [0.2, 0.25) is 0 Å². The van der Waals surface area contributed by atoms with Crippen molar-refractivity contribution in [2.24, 2.45) is 0 Å². The normalized spacial score (nSPS) is 15.6. The molecule has 0 aromatic heterocycles. The second-order valence-corrected chi connectivity index (χ2v) is 2.54. The van der Waals surface area contributed by atoms with E-state index < -0.39 is 18.5 Å². The Bertz CT molecular complexity index is 229. The minimum atomic E-state index is -0.896. The molecule has 66 valence electrons. The Morgan fingerprint density at radius 2 is 2.33 bits per heavy atom. The molecule has 1 aliphatic rings. The van der Waals surface area contributed by atoms with Crippen molar-refractivity contribution in [3.05, 3.63) is 11.6 Å². The molecule has 0 aromatic rings. The summed E-state index contributed by atoms with van der Waals surface area (Å²) >= 11 is 0. The zero-order valence-corrected chi connectivity index (χ0v) is 6.58. The maximum absolute atomic E-state index is 11.0. The van der Waals surface area contributed by atoms with E-state index in [-0.39, 0.29) is 0 Å². The van der Waals surface area contributed by atoms with Gasteiger partial charge in [0.05, 0.1) is 0 Å². The standard InChI is InChI=1S/C8H10O4/c9-5-7(10)12-8(11)6-3-1-2-4-6/h3,9H,1-2,4-5H2. The fraction of sp³-hybridized carbons (Fsp3) is 0.500. The van der Waals surface area contributed by atoms with Crippen LogP contribution in [0.3, 0.4) is 0 Å². The van der Waals surface area contributed by atoms with Gasteiger partial charge in [-0.2, -0.15) is 0 Å². The predicted octanol–water partition coefficient (Wildman–Crippen LogP) is 0.159. The smallest absolute Gasteiger partial charge is 0.341 e. The van der Waals surface area contributed by atoms with Gasteiger partial charge in [-0.1, -0.05) is 6.08 Å². The first-order chi connectivity index (χ1) is 5.74. The molecule has 0 radical (unpaired) electrons. The van der Waals surface area contributed by atoms with Crippen molar-refractivity contribution in [2.45, 2.75) is 19.3 Å². The summed E-state index contributed by atoms with van der Waals surface area (Å²) in [6.45, 7) is -0.751. The molecule has 0 heterocycles. The Morgan fingerprint density at radius 1 is 1.58 bits per heavy atom. The summed E-state index contributed by atoms with van der Waals surface area (Å²) in [4.78, 5) is 21.5. The zero-order valence-electron chi connectivity index (χ0n) is 6.58. The van der Waals surface area contributed by atoms with Gasteiger partial charge in [0.1, 0.15) is 6.61 Å². The molecule has 1 rings (SSSR count). The van der Waals surface area contributed by atoms with Crippen molar-refractivity contribution in [3.63, 3.8) is 0 Å². The van der Waals surface area contributed by atoms with Crippen molar-refractivity contribution in [3.8, 4) is 0 Å².